The Bertz CT molecular complexity index is 1100. The fourth-order valence-corrected chi connectivity index (χ4v) is 3.77. The van der Waals surface area contributed by atoms with E-state index in [1.807, 2.05) is 31.2 Å². The highest BCUT2D eigenvalue weighted by Gasteiger charge is 2.47. The second-order valence-electron chi connectivity index (χ2n) is 8.89. The van der Waals surface area contributed by atoms with E-state index >= 15 is 0 Å². The van der Waals surface area contributed by atoms with Gasteiger partial charge in [0, 0.05) is 12.2 Å². The molecule has 1 heterocycles. The first-order valence-corrected chi connectivity index (χ1v) is 12.7. The van der Waals surface area contributed by atoms with Crippen molar-refractivity contribution in [3.05, 3.63) is 66.5 Å². The summed E-state index contributed by atoms with van der Waals surface area (Å²) < 4.78 is 49.6. The van der Waals surface area contributed by atoms with Crippen molar-refractivity contribution in [1.29, 1.82) is 0 Å². The number of aryl methyl sites for hydroxylation is 1. The molecule has 0 fully saturated rings. The Labute approximate surface area is 216 Å². The lowest BCUT2D eigenvalue weighted by atomic mass is 10.0. The van der Waals surface area contributed by atoms with Crippen LogP contribution in [0.25, 0.3) is 22.5 Å². The molecule has 0 saturated carbocycles. The number of carbonyl (C=O) groups is 1. The summed E-state index contributed by atoms with van der Waals surface area (Å²) in [6.07, 6.45) is 1.24. The summed E-state index contributed by atoms with van der Waals surface area (Å²) in [5, 5.41) is 0. The zero-order valence-electron chi connectivity index (χ0n) is 21.3. The monoisotopic (exact) mass is 514 g/mol. The fraction of sp³-hybridized carbons (Fsp3) is 0.414. The number of carbonyl (C=O) groups excluding carboxylic acids is 1. The molecule has 0 spiro atoms. The van der Waals surface area contributed by atoms with Crippen molar-refractivity contribution in [3.8, 4) is 28.3 Å². The zero-order chi connectivity index (χ0) is 26.7. The van der Waals surface area contributed by atoms with Crippen molar-refractivity contribution in [1.82, 2.24) is 9.97 Å². The highest BCUT2D eigenvalue weighted by atomic mass is 19.4. The molecule has 3 aromatic rings. The predicted octanol–water partition coefficient (Wildman–Crippen LogP) is 7.59. The van der Waals surface area contributed by atoms with Gasteiger partial charge in [-0.05, 0) is 36.0 Å². The number of unbranched alkanes of at least 4 members (excludes halogenated alkanes) is 4. The van der Waals surface area contributed by atoms with Crippen LogP contribution in [0, 0.1) is 0 Å². The van der Waals surface area contributed by atoms with E-state index in [2.05, 4.69) is 41.2 Å². The number of hydrogen-bond acceptors (Lipinski definition) is 5. The van der Waals surface area contributed by atoms with Gasteiger partial charge in [-0.25, -0.2) is 14.8 Å². The number of ether oxygens (including phenoxy) is 2. The molecule has 198 valence electrons. The van der Waals surface area contributed by atoms with Crippen LogP contribution >= 0.6 is 0 Å². The van der Waals surface area contributed by atoms with E-state index in [1.165, 1.54) is 24.4 Å². The molecule has 37 heavy (non-hydrogen) atoms. The molecule has 8 heteroatoms. The number of nitrogens with zero attached hydrogens (tertiary/aromatic N) is 2. The molecule has 1 atom stereocenters. The summed E-state index contributed by atoms with van der Waals surface area (Å²) in [6.45, 7) is 4.00. The molecular weight excluding hydrogens is 481 g/mol. The van der Waals surface area contributed by atoms with Crippen LogP contribution in [-0.4, -0.2) is 34.8 Å². The van der Waals surface area contributed by atoms with Gasteiger partial charge in [0.2, 0.25) is 0 Å². The van der Waals surface area contributed by atoms with Crippen molar-refractivity contribution in [2.45, 2.75) is 71.1 Å². The molecule has 0 radical (unpaired) electrons. The number of benzene rings is 2. The van der Waals surface area contributed by atoms with E-state index in [1.54, 1.807) is 0 Å². The highest BCUT2D eigenvalue weighted by molar-refractivity contribution is 5.78. The smallest absolute Gasteiger partial charge is 0.421 e. The largest absolute Gasteiger partial charge is 0.425 e. The van der Waals surface area contributed by atoms with Crippen molar-refractivity contribution < 1.29 is 27.4 Å². The molecule has 0 aliphatic heterocycles. The van der Waals surface area contributed by atoms with Crippen LogP contribution in [0.5, 0.6) is 5.75 Å². The van der Waals surface area contributed by atoms with Crippen molar-refractivity contribution in [2.24, 2.45) is 0 Å². The third-order valence-corrected chi connectivity index (χ3v) is 5.89. The Kier molecular flexibility index (Phi) is 10.6. The summed E-state index contributed by atoms with van der Waals surface area (Å²) in [5.41, 5.74) is 4.19. The van der Waals surface area contributed by atoms with Crippen LogP contribution in [-0.2, 0) is 16.0 Å². The topological polar surface area (TPSA) is 61.3 Å². The Morgan fingerprint density at radius 2 is 1.38 bits per heavy atom. The number of halogens is 3. The van der Waals surface area contributed by atoms with E-state index in [0.29, 0.717) is 12.2 Å². The maximum absolute atomic E-state index is 13.3. The van der Waals surface area contributed by atoms with Gasteiger partial charge in [0.1, 0.15) is 0 Å². The predicted molar refractivity (Wildman–Crippen MR) is 137 cm³/mol. The Hall–Kier alpha value is -3.26. The standard InChI is InChI=1S/C29H33F3N2O3/c1-3-5-7-8-18-36-26(29(30,31)32)28(35)37-25-19-33-27(34-20-25)24-16-14-23(15-17-24)22-12-10-21(11-13-22)9-6-4-2/h10-17,19-20,26H,3-9,18H2,1-2H3. The lowest BCUT2D eigenvalue weighted by Gasteiger charge is -2.19. The Morgan fingerprint density at radius 3 is 1.95 bits per heavy atom. The third-order valence-electron chi connectivity index (χ3n) is 5.89. The summed E-state index contributed by atoms with van der Waals surface area (Å²) >= 11 is 0. The van der Waals surface area contributed by atoms with Gasteiger partial charge in [-0.15, -0.1) is 0 Å². The second kappa shape index (κ2) is 13.9. The van der Waals surface area contributed by atoms with Gasteiger partial charge in [0.15, 0.2) is 11.6 Å². The molecule has 1 unspecified atom stereocenters. The number of esters is 1. The number of hydrogen-bond donors (Lipinski definition) is 0. The molecule has 3 rings (SSSR count). The molecule has 1 aromatic heterocycles. The molecule has 0 aliphatic rings. The summed E-state index contributed by atoms with van der Waals surface area (Å²) in [6, 6.07) is 16.1. The average molecular weight is 515 g/mol. The molecule has 0 amide bonds. The molecular formula is C29H33F3N2O3. The first-order chi connectivity index (χ1) is 17.8. The maximum atomic E-state index is 13.3. The van der Waals surface area contributed by atoms with Crippen molar-refractivity contribution >= 4 is 5.97 Å². The van der Waals surface area contributed by atoms with Crippen LogP contribution in [0.15, 0.2) is 60.9 Å². The minimum Gasteiger partial charge on any atom is -0.421 e. The van der Waals surface area contributed by atoms with Crippen LogP contribution < -0.4 is 4.74 Å². The van der Waals surface area contributed by atoms with Gasteiger partial charge >= 0.3 is 12.1 Å². The van der Waals surface area contributed by atoms with Crippen LogP contribution in [0.1, 0.15) is 57.9 Å². The number of rotatable bonds is 13. The zero-order valence-corrected chi connectivity index (χ0v) is 21.3. The Morgan fingerprint density at radius 1 is 0.811 bits per heavy atom. The lowest BCUT2D eigenvalue weighted by molar-refractivity contribution is -0.225. The van der Waals surface area contributed by atoms with Gasteiger partial charge < -0.3 is 9.47 Å². The van der Waals surface area contributed by atoms with Gasteiger partial charge in [0.05, 0.1) is 12.4 Å². The SMILES string of the molecule is CCCCCCOC(C(=O)Oc1cnc(-c2ccc(-c3ccc(CCCC)cc3)cc2)nc1)C(F)(F)F. The number of aromatic nitrogens is 2. The van der Waals surface area contributed by atoms with Crippen LogP contribution in [0.2, 0.25) is 0 Å². The van der Waals surface area contributed by atoms with E-state index in [9.17, 15) is 18.0 Å². The van der Waals surface area contributed by atoms with E-state index in [4.69, 9.17) is 9.47 Å². The van der Waals surface area contributed by atoms with E-state index < -0.39 is 18.2 Å². The first-order valence-electron chi connectivity index (χ1n) is 12.7. The van der Waals surface area contributed by atoms with Gasteiger partial charge in [-0.3, -0.25) is 0 Å². The van der Waals surface area contributed by atoms with Gasteiger partial charge in [-0.1, -0.05) is 88.1 Å². The molecule has 0 N–H and O–H groups in total. The van der Waals surface area contributed by atoms with Gasteiger partial charge in [0.25, 0.3) is 6.10 Å². The summed E-state index contributed by atoms with van der Waals surface area (Å²) in [7, 11) is 0. The Balaban J connectivity index is 1.60. The quantitative estimate of drug-likeness (QED) is 0.174. The number of alkyl halides is 3. The average Bonchev–Trinajstić information content (AvgIpc) is 2.89. The van der Waals surface area contributed by atoms with E-state index in [0.717, 1.165) is 48.8 Å². The van der Waals surface area contributed by atoms with Crippen LogP contribution in [0.4, 0.5) is 13.2 Å². The molecule has 0 bridgehead atoms. The first kappa shape index (κ1) is 28.3. The summed E-state index contributed by atoms with van der Waals surface area (Å²) in [4.78, 5) is 20.5. The summed E-state index contributed by atoms with van der Waals surface area (Å²) in [5.74, 6) is -1.36. The van der Waals surface area contributed by atoms with E-state index in [-0.39, 0.29) is 12.4 Å². The molecule has 5 nitrogen and oxygen atoms in total. The fourth-order valence-electron chi connectivity index (χ4n) is 3.77. The molecule has 0 aliphatic carbocycles. The van der Waals surface area contributed by atoms with Crippen molar-refractivity contribution in [3.63, 3.8) is 0 Å². The third kappa shape index (κ3) is 8.67. The minimum absolute atomic E-state index is 0.173. The highest BCUT2D eigenvalue weighted by Crippen LogP contribution is 2.27. The molecule has 0 saturated heterocycles. The van der Waals surface area contributed by atoms with Crippen LogP contribution in [0.3, 0.4) is 0 Å². The lowest BCUT2D eigenvalue weighted by Crippen LogP contribution is -2.42. The normalized spacial score (nSPS) is 12.4. The maximum Gasteiger partial charge on any atom is 0.425 e. The second-order valence-corrected chi connectivity index (χ2v) is 8.89. The minimum atomic E-state index is -4.87. The molecule has 2 aromatic carbocycles. The van der Waals surface area contributed by atoms with Crippen molar-refractivity contribution in [2.75, 3.05) is 6.61 Å². The van der Waals surface area contributed by atoms with Gasteiger partial charge in [-0.2, -0.15) is 13.2 Å².